The molecule has 0 aliphatic rings. The molecule has 1 aromatic carbocycles. The molecule has 0 atom stereocenters. The summed E-state index contributed by atoms with van der Waals surface area (Å²) in [6, 6.07) is 11.1. The lowest BCUT2D eigenvalue weighted by molar-refractivity contribution is -0.354. The van der Waals surface area contributed by atoms with E-state index in [1.54, 1.807) is 29.7 Å². The molecule has 0 aliphatic carbocycles. The number of hydrogen-bond donors (Lipinski definition) is 0. The lowest BCUT2D eigenvalue weighted by Crippen LogP contribution is -1.96. The molecule has 0 saturated carbocycles. The molecule has 2 rings (SSSR count). The van der Waals surface area contributed by atoms with Gasteiger partial charge in [-0.05, 0) is 11.4 Å². The third-order valence-electron chi connectivity index (χ3n) is 1.82. The fourth-order valence-corrected chi connectivity index (χ4v) is 1.74. The molecule has 2 aromatic rings. The molecule has 0 spiro atoms. The van der Waals surface area contributed by atoms with Crippen LogP contribution in [0.4, 0.5) is 5.69 Å². The molecule has 3 heteroatoms. The molecule has 0 N–H and O–H groups in total. The molecule has 0 amide bonds. The van der Waals surface area contributed by atoms with E-state index in [4.69, 9.17) is 0 Å². The van der Waals surface area contributed by atoms with Crippen LogP contribution in [0.1, 0.15) is 5.56 Å². The minimum atomic E-state index is 0.652. The van der Waals surface area contributed by atoms with Crippen LogP contribution in [0, 0.1) is 5.21 Å². The fraction of sp³-hybridized carbons (Fsp3) is 0. The van der Waals surface area contributed by atoms with E-state index in [1.807, 2.05) is 35.0 Å². The van der Waals surface area contributed by atoms with Crippen molar-refractivity contribution in [3.8, 4) is 0 Å². The average Bonchev–Trinajstić information content (AvgIpc) is 2.72. The Morgan fingerprint density at radius 2 is 1.93 bits per heavy atom. The van der Waals surface area contributed by atoms with E-state index in [1.165, 1.54) is 0 Å². The first kappa shape index (κ1) is 8.97. The number of nitrogens with zero attached hydrogens (tertiary/aromatic N) is 1. The summed E-state index contributed by atoms with van der Waals surface area (Å²) in [5.41, 5.74) is 1.59. The maximum absolute atomic E-state index is 11.6. The Labute approximate surface area is 86.3 Å². The van der Waals surface area contributed by atoms with Gasteiger partial charge in [0.05, 0.1) is 5.56 Å². The van der Waals surface area contributed by atoms with Crippen LogP contribution in [-0.2, 0) is 0 Å². The second-order valence-electron chi connectivity index (χ2n) is 2.85. The summed E-state index contributed by atoms with van der Waals surface area (Å²) < 4.78 is 0.877. The highest BCUT2D eigenvalue weighted by Crippen LogP contribution is 2.10. The molecule has 14 heavy (non-hydrogen) atoms. The van der Waals surface area contributed by atoms with Crippen LogP contribution in [0.3, 0.4) is 0 Å². The first-order valence-electron chi connectivity index (χ1n) is 4.25. The van der Waals surface area contributed by atoms with Crippen molar-refractivity contribution in [1.82, 2.24) is 0 Å². The summed E-state index contributed by atoms with van der Waals surface area (Å²) in [5.74, 6) is 0. The summed E-state index contributed by atoms with van der Waals surface area (Å²) in [4.78, 5) is 0. The van der Waals surface area contributed by atoms with Gasteiger partial charge in [0, 0.05) is 17.5 Å². The molecular weight excluding hydrogens is 194 g/mol. The number of hydrogen-bond acceptors (Lipinski definition) is 2. The van der Waals surface area contributed by atoms with Crippen LogP contribution in [0.5, 0.6) is 0 Å². The Kier molecular flexibility index (Phi) is 2.60. The summed E-state index contributed by atoms with van der Waals surface area (Å²) in [5, 5.41) is 15.5. The Morgan fingerprint density at radius 1 is 1.14 bits per heavy atom. The van der Waals surface area contributed by atoms with E-state index >= 15 is 0 Å². The number of benzene rings is 1. The lowest BCUT2D eigenvalue weighted by atomic mass is 10.3. The molecule has 70 valence electrons. The molecule has 0 bridgehead atoms. The van der Waals surface area contributed by atoms with Gasteiger partial charge in [-0.25, -0.2) is 0 Å². The van der Waals surface area contributed by atoms with Crippen LogP contribution in [-0.4, -0.2) is 11.0 Å². The predicted molar refractivity (Wildman–Crippen MR) is 59.2 cm³/mol. The molecule has 0 radical (unpaired) electrons. The van der Waals surface area contributed by atoms with Crippen molar-refractivity contribution in [2.75, 3.05) is 0 Å². The van der Waals surface area contributed by atoms with Gasteiger partial charge >= 0.3 is 0 Å². The molecule has 1 aromatic heterocycles. The summed E-state index contributed by atoms with van der Waals surface area (Å²) in [7, 11) is 0. The number of rotatable bonds is 2. The Hall–Kier alpha value is -1.61. The number of para-hydroxylation sites is 1. The quantitative estimate of drug-likeness (QED) is 0.319. The summed E-state index contributed by atoms with van der Waals surface area (Å²) in [6.07, 6.45) is 1.58. The van der Waals surface area contributed by atoms with Crippen molar-refractivity contribution in [1.29, 1.82) is 0 Å². The van der Waals surface area contributed by atoms with Crippen molar-refractivity contribution in [3.05, 3.63) is 57.9 Å². The zero-order chi connectivity index (χ0) is 9.80. The minimum Gasteiger partial charge on any atom is -0.618 e. The third-order valence-corrected chi connectivity index (χ3v) is 2.52. The van der Waals surface area contributed by atoms with Crippen molar-refractivity contribution < 1.29 is 4.74 Å². The second kappa shape index (κ2) is 4.07. The van der Waals surface area contributed by atoms with Crippen LogP contribution in [0.2, 0.25) is 0 Å². The normalized spacial score (nSPS) is 11.6. The summed E-state index contributed by atoms with van der Waals surface area (Å²) in [6.45, 7) is 0. The average molecular weight is 203 g/mol. The highest BCUT2D eigenvalue weighted by atomic mass is 32.1. The smallest absolute Gasteiger partial charge is 0.216 e. The van der Waals surface area contributed by atoms with Crippen LogP contribution >= 0.6 is 11.3 Å². The van der Waals surface area contributed by atoms with Gasteiger partial charge in [-0.3, -0.25) is 0 Å². The van der Waals surface area contributed by atoms with Crippen molar-refractivity contribution in [3.63, 3.8) is 0 Å². The highest BCUT2D eigenvalue weighted by molar-refractivity contribution is 7.08. The minimum absolute atomic E-state index is 0.652. The van der Waals surface area contributed by atoms with E-state index in [-0.39, 0.29) is 0 Å². The van der Waals surface area contributed by atoms with Gasteiger partial charge in [-0.1, -0.05) is 18.2 Å². The fourth-order valence-electron chi connectivity index (χ4n) is 1.13. The SMILES string of the molecule is [O-]/[N+](=C\c1ccsc1)c1ccccc1. The Morgan fingerprint density at radius 3 is 2.57 bits per heavy atom. The standard InChI is InChI=1S/C11H9NOS/c13-12(8-10-6-7-14-9-10)11-4-2-1-3-5-11/h1-9H/b12-8-. The lowest BCUT2D eigenvalue weighted by Gasteiger charge is -2.00. The van der Waals surface area contributed by atoms with Gasteiger partial charge in [0.25, 0.3) is 0 Å². The topological polar surface area (TPSA) is 26.1 Å². The monoisotopic (exact) mass is 203 g/mol. The van der Waals surface area contributed by atoms with Gasteiger partial charge in [0.15, 0.2) is 6.21 Å². The number of thiophene rings is 1. The van der Waals surface area contributed by atoms with Crippen molar-refractivity contribution in [2.45, 2.75) is 0 Å². The predicted octanol–water partition coefficient (Wildman–Crippen LogP) is 3.01. The molecule has 0 aliphatic heterocycles. The van der Waals surface area contributed by atoms with Gasteiger partial charge in [-0.15, -0.1) is 0 Å². The van der Waals surface area contributed by atoms with Crippen LogP contribution in [0.25, 0.3) is 0 Å². The maximum atomic E-state index is 11.6. The van der Waals surface area contributed by atoms with Crippen LogP contribution < -0.4 is 0 Å². The van der Waals surface area contributed by atoms with E-state index < -0.39 is 0 Å². The first-order chi connectivity index (χ1) is 6.86. The molecule has 0 unspecified atom stereocenters. The zero-order valence-corrected chi connectivity index (χ0v) is 8.28. The highest BCUT2D eigenvalue weighted by Gasteiger charge is 1.99. The van der Waals surface area contributed by atoms with Gasteiger partial charge in [0.2, 0.25) is 5.69 Å². The summed E-state index contributed by atoms with van der Waals surface area (Å²) >= 11 is 1.58. The Bertz CT molecular complexity index is 420. The third kappa shape index (κ3) is 2.00. The molecular formula is C11H9NOS. The largest absolute Gasteiger partial charge is 0.618 e. The first-order valence-corrected chi connectivity index (χ1v) is 5.19. The van der Waals surface area contributed by atoms with Crippen LogP contribution in [0.15, 0.2) is 47.2 Å². The van der Waals surface area contributed by atoms with Gasteiger partial charge < -0.3 is 5.21 Å². The van der Waals surface area contributed by atoms with E-state index in [2.05, 4.69) is 0 Å². The maximum Gasteiger partial charge on any atom is 0.216 e. The second-order valence-corrected chi connectivity index (χ2v) is 3.63. The van der Waals surface area contributed by atoms with E-state index in [9.17, 15) is 5.21 Å². The van der Waals surface area contributed by atoms with Gasteiger partial charge in [0.1, 0.15) is 0 Å². The Balaban J connectivity index is 2.29. The van der Waals surface area contributed by atoms with Crippen molar-refractivity contribution >= 4 is 23.2 Å². The van der Waals surface area contributed by atoms with Crippen molar-refractivity contribution in [2.24, 2.45) is 0 Å². The van der Waals surface area contributed by atoms with Gasteiger partial charge in [-0.2, -0.15) is 16.1 Å². The van der Waals surface area contributed by atoms with E-state index in [0.29, 0.717) is 5.69 Å². The van der Waals surface area contributed by atoms with E-state index in [0.717, 1.165) is 10.3 Å². The molecule has 1 heterocycles. The molecule has 0 fully saturated rings. The zero-order valence-electron chi connectivity index (χ0n) is 7.46. The molecule has 2 nitrogen and oxygen atoms in total. The molecule has 0 saturated heterocycles.